The first-order chi connectivity index (χ1) is 19.6. The molecule has 7 aromatic rings. The van der Waals surface area contributed by atoms with E-state index in [1.165, 1.54) is 72.0 Å². The maximum Gasteiger partial charge on any atom is 0.0582 e. The summed E-state index contributed by atoms with van der Waals surface area (Å²) < 4.78 is 2.49. The summed E-state index contributed by atoms with van der Waals surface area (Å²) in [5.41, 5.74) is 14.0. The molecule has 6 aromatic carbocycles. The Bertz CT molecular complexity index is 2000. The van der Waals surface area contributed by atoms with Crippen LogP contribution in [0.15, 0.2) is 140 Å². The molecule has 0 fully saturated rings. The Kier molecular flexibility index (Phi) is 4.93. The lowest BCUT2D eigenvalue weighted by Gasteiger charge is -2.34. The van der Waals surface area contributed by atoms with Crippen molar-refractivity contribution in [2.75, 3.05) is 0 Å². The summed E-state index contributed by atoms with van der Waals surface area (Å²) in [4.78, 5) is 0. The molecular formula is C39H29N. The Hall–Kier alpha value is -4.88. The highest BCUT2D eigenvalue weighted by atomic mass is 15.0. The second kappa shape index (κ2) is 8.56. The van der Waals surface area contributed by atoms with Crippen LogP contribution in [-0.4, -0.2) is 4.57 Å². The van der Waals surface area contributed by atoms with Crippen molar-refractivity contribution in [2.24, 2.45) is 0 Å². The van der Waals surface area contributed by atoms with Gasteiger partial charge in [0.1, 0.15) is 0 Å². The van der Waals surface area contributed by atoms with Crippen LogP contribution in [0.2, 0.25) is 0 Å². The van der Waals surface area contributed by atoms with Crippen LogP contribution in [0.4, 0.5) is 0 Å². The fourth-order valence-electron chi connectivity index (χ4n) is 6.73. The molecule has 0 amide bonds. The second-order valence-corrected chi connectivity index (χ2v) is 11.4. The molecule has 1 aliphatic rings. The molecule has 2 heterocycles. The van der Waals surface area contributed by atoms with Crippen LogP contribution in [-0.2, 0) is 5.41 Å². The van der Waals surface area contributed by atoms with Gasteiger partial charge in [-0.1, -0.05) is 117 Å². The van der Waals surface area contributed by atoms with E-state index in [2.05, 4.69) is 158 Å². The lowest BCUT2D eigenvalue weighted by Crippen LogP contribution is -2.26. The first-order valence-electron chi connectivity index (χ1n) is 14.0. The Morgan fingerprint density at radius 2 is 1.00 bits per heavy atom. The lowest BCUT2D eigenvalue weighted by molar-refractivity contribution is 0.630. The molecule has 1 aliphatic heterocycles. The van der Waals surface area contributed by atoms with Crippen LogP contribution >= 0.6 is 0 Å². The molecule has 0 saturated heterocycles. The van der Waals surface area contributed by atoms with Gasteiger partial charge in [0.15, 0.2) is 0 Å². The van der Waals surface area contributed by atoms with Crippen LogP contribution in [0.3, 0.4) is 0 Å². The fraction of sp³-hybridized carbons (Fsp3) is 0.0769. The minimum absolute atomic E-state index is 0.0576. The van der Waals surface area contributed by atoms with Gasteiger partial charge in [-0.2, -0.15) is 0 Å². The molecule has 1 heteroatoms. The van der Waals surface area contributed by atoms with Gasteiger partial charge in [-0.25, -0.2) is 0 Å². The molecule has 1 aromatic heterocycles. The van der Waals surface area contributed by atoms with E-state index in [9.17, 15) is 0 Å². The predicted octanol–water partition coefficient (Wildman–Crippen LogP) is 10.4. The fourth-order valence-corrected chi connectivity index (χ4v) is 6.73. The molecule has 0 radical (unpaired) electrons. The standard InChI is InChI=1S/C39H29N/c1-39(2)34-17-9-10-19-37(34)40-36-21-20-28(25-33(36)32-16-11-18-35(39)38(32)40)31-23-29(26-12-5-3-6-13-26)22-30(24-31)27-14-7-4-8-15-27/h3-25H,1-2H3. The number of benzene rings is 6. The average molecular weight is 512 g/mol. The van der Waals surface area contributed by atoms with Gasteiger partial charge in [-0.05, 0) is 80.9 Å². The zero-order valence-electron chi connectivity index (χ0n) is 22.7. The summed E-state index contributed by atoms with van der Waals surface area (Å²) in [6.07, 6.45) is 0. The maximum absolute atomic E-state index is 2.49. The van der Waals surface area contributed by atoms with Crippen molar-refractivity contribution in [2.45, 2.75) is 19.3 Å². The Balaban J connectivity index is 1.39. The van der Waals surface area contributed by atoms with E-state index in [1.54, 1.807) is 0 Å². The number of fused-ring (bicyclic) bond motifs is 5. The van der Waals surface area contributed by atoms with E-state index in [4.69, 9.17) is 0 Å². The van der Waals surface area contributed by atoms with Crippen molar-refractivity contribution in [3.63, 3.8) is 0 Å². The summed E-state index contributed by atoms with van der Waals surface area (Å²) in [6.45, 7) is 4.71. The smallest absolute Gasteiger partial charge is 0.0582 e. The third kappa shape index (κ3) is 3.34. The predicted molar refractivity (Wildman–Crippen MR) is 169 cm³/mol. The molecule has 0 unspecified atom stereocenters. The summed E-state index contributed by atoms with van der Waals surface area (Å²) in [5, 5.41) is 2.62. The molecule has 190 valence electrons. The number of hydrogen-bond acceptors (Lipinski definition) is 0. The highest BCUT2D eigenvalue weighted by Crippen LogP contribution is 2.48. The largest absolute Gasteiger partial charge is 0.309 e. The molecule has 0 N–H and O–H groups in total. The Labute approximate surface area is 235 Å². The highest BCUT2D eigenvalue weighted by molar-refractivity contribution is 6.12. The Morgan fingerprint density at radius 3 is 1.68 bits per heavy atom. The van der Waals surface area contributed by atoms with Gasteiger partial charge in [0.25, 0.3) is 0 Å². The quantitative estimate of drug-likeness (QED) is 0.222. The van der Waals surface area contributed by atoms with E-state index < -0.39 is 0 Å². The van der Waals surface area contributed by atoms with Crippen LogP contribution in [0.5, 0.6) is 0 Å². The molecule has 0 aliphatic carbocycles. The molecule has 0 atom stereocenters. The third-order valence-electron chi connectivity index (χ3n) is 8.76. The summed E-state index contributed by atoms with van der Waals surface area (Å²) in [7, 11) is 0. The van der Waals surface area contributed by atoms with E-state index in [-0.39, 0.29) is 5.41 Å². The van der Waals surface area contributed by atoms with Gasteiger partial charge < -0.3 is 4.57 Å². The van der Waals surface area contributed by atoms with E-state index in [1.807, 2.05) is 0 Å². The molecule has 0 spiro atoms. The van der Waals surface area contributed by atoms with Gasteiger partial charge >= 0.3 is 0 Å². The van der Waals surface area contributed by atoms with Crippen LogP contribution in [0, 0.1) is 0 Å². The normalized spacial score (nSPS) is 13.4. The van der Waals surface area contributed by atoms with Gasteiger partial charge in [0.2, 0.25) is 0 Å². The van der Waals surface area contributed by atoms with Crippen molar-refractivity contribution >= 4 is 21.8 Å². The van der Waals surface area contributed by atoms with Gasteiger partial charge in [-0.3, -0.25) is 0 Å². The molecular weight excluding hydrogens is 482 g/mol. The first kappa shape index (κ1) is 23.0. The van der Waals surface area contributed by atoms with Crippen molar-refractivity contribution in [1.82, 2.24) is 4.57 Å². The molecule has 0 bridgehead atoms. The summed E-state index contributed by atoms with van der Waals surface area (Å²) in [6, 6.07) is 51.1. The Morgan fingerprint density at radius 1 is 0.425 bits per heavy atom. The van der Waals surface area contributed by atoms with Crippen molar-refractivity contribution in [3.05, 3.63) is 151 Å². The van der Waals surface area contributed by atoms with Crippen LogP contribution in [0.25, 0.3) is 60.9 Å². The summed E-state index contributed by atoms with van der Waals surface area (Å²) in [5.74, 6) is 0. The SMILES string of the molecule is CC1(C)c2ccccc2-n2c3ccc(-c4cc(-c5ccccc5)cc(-c5ccccc5)c4)cc3c3cccc1c32. The van der Waals surface area contributed by atoms with Gasteiger partial charge in [-0.15, -0.1) is 0 Å². The molecule has 8 rings (SSSR count). The van der Waals surface area contributed by atoms with Crippen molar-refractivity contribution < 1.29 is 0 Å². The lowest BCUT2D eigenvalue weighted by atomic mass is 9.75. The van der Waals surface area contributed by atoms with Gasteiger partial charge in [0.05, 0.1) is 16.7 Å². The van der Waals surface area contributed by atoms with E-state index >= 15 is 0 Å². The number of para-hydroxylation sites is 2. The zero-order chi connectivity index (χ0) is 26.8. The van der Waals surface area contributed by atoms with Crippen LogP contribution in [0.1, 0.15) is 25.0 Å². The minimum Gasteiger partial charge on any atom is -0.309 e. The second-order valence-electron chi connectivity index (χ2n) is 11.4. The third-order valence-corrected chi connectivity index (χ3v) is 8.76. The summed E-state index contributed by atoms with van der Waals surface area (Å²) >= 11 is 0. The molecule has 40 heavy (non-hydrogen) atoms. The number of hydrogen-bond donors (Lipinski definition) is 0. The van der Waals surface area contributed by atoms with E-state index in [0.717, 1.165) is 0 Å². The number of rotatable bonds is 3. The van der Waals surface area contributed by atoms with Gasteiger partial charge in [0, 0.05) is 16.2 Å². The van der Waals surface area contributed by atoms with E-state index in [0.29, 0.717) is 0 Å². The maximum atomic E-state index is 2.49. The highest BCUT2D eigenvalue weighted by Gasteiger charge is 2.34. The topological polar surface area (TPSA) is 4.93 Å². The zero-order valence-corrected chi connectivity index (χ0v) is 22.7. The molecule has 0 saturated carbocycles. The average Bonchev–Trinajstić information content (AvgIpc) is 3.35. The monoisotopic (exact) mass is 511 g/mol. The van der Waals surface area contributed by atoms with Crippen molar-refractivity contribution in [1.29, 1.82) is 0 Å². The van der Waals surface area contributed by atoms with Crippen molar-refractivity contribution in [3.8, 4) is 39.1 Å². The first-order valence-corrected chi connectivity index (χ1v) is 14.0. The minimum atomic E-state index is -0.0576. The molecule has 1 nitrogen and oxygen atoms in total. The number of aromatic nitrogens is 1. The number of nitrogens with zero attached hydrogens (tertiary/aromatic N) is 1. The van der Waals surface area contributed by atoms with Crippen LogP contribution < -0.4 is 0 Å².